The number of carbonyl (C=O) groups excluding carboxylic acids is 2. The van der Waals surface area contributed by atoms with Gasteiger partial charge in [-0.05, 0) is 6.42 Å². The number of hydrogen-bond donors (Lipinski definition) is 1. The molecule has 3 aliphatic heterocycles. The average Bonchev–Trinajstić information content (AvgIpc) is 3.19. The molecule has 0 bridgehead atoms. The van der Waals surface area contributed by atoms with Crippen molar-refractivity contribution in [2.75, 3.05) is 53.3 Å². The predicted octanol–water partition coefficient (Wildman–Crippen LogP) is 0.977. The van der Waals surface area contributed by atoms with E-state index in [2.05, 4.69) is 4.98 Å². The summed E-state index contributed by atoms with van der Waals surface area (Å²) in [6.07, 6.45) is -3.09. The van der Waals surface area contributed by atoms with Crippen LogP contribution in [0, 0.1) is 5.92 Å². The summed E-state index contributed by atoms with van der Waals surface area (Å²) in [5, 5.41) is 0. The third-order valence-corrected chi connectivity index (χ3v) is 7.21. The van der Waals surface area contributed by atoms with Gasteiger partial charge in [0.15, 0.2) is 12.2 Å². The predicted molar refractivity (Wildman–Crippen MR) is 124 cm³/mol. The molecule has 40 heavy (non-hydrogen) atoms. The van der Waals surface area contributed by atoms with E-state index in [0.29, 0.717) is 0 Å². The number of ether oxygens (including phenoxy) is 7. The number of H-pyrrole nitrogens is 1. The highest BCUT2D eigenvalue weighted by Gasteiger charge is 2.48. The number of phosphoric acid groups is 1. The lowest BCUT2D eigenvalue weighted by molar-refractivity contribution is -0.130. The lowest BCUT2D eigenvalue weighted by atomic mass is 9.96. The molecule has 3 unspecified atom stereocenters. The van der Waals surface area contributed by atoms with Gasteiger partial charge in [-0.1, -0.05) is 6.92 Å². The second-order valence-electron chi connectivity index (χ2n) is 9.08. The first-order valence-electron chi connectivity index (χ1n) is 12.0. The third-order valence-electron chi connectivity index (χ3n) is 5.92. The zero-order chi connectivity index (χ0) is 28.8. The maximum atomic E-state index is 14.3. The van der Waals surface area contributed by atoms with Crippen molar-refractivity contribution in [1.29, 1.82) is 0 Å². The monoisotopic (exact) mass is 598 g/mol. The van der Waals surface area contributed by atoms with Gasteiger partial charge in [-0.2, -0.15) is 0 Å². The fourth-order valence-electron chi connectivity index (χ4n) is 3.78. The quantitative estimate of drug-likeness (QED) is 0.191. The van der Waals surface area contributed by atoms with E-state index in [-0.39, 0.29) is 32.8 Å². The molecule has 4 heterocycles. The number of alkyl halides is 1. The Morgan fingerprint density at radius 2 is 1.62 bits per heavy atom. The van der Waals surface area contributed by atoms with E-state index in [4.69, 9.17) is 46.7 Å². The van der Waals surface area contributed by atoms with Gasteiger partial charge < -0.3 is 33.2 Å². The first kappa shape index (κ1) is 30.1. The molecule has 17 nitrogen and oxygen atoms in total. The minimum Gasteiger partial charge on any atom is -0.426 e. The van der Waals surface area contributed by atoms with E-state index in [1.807, 2.05) is 0 Å². The normalized spacial score (nSPS) is 25.1. The van der Waals surface area contributed by atoms with Crippen LogP contribution in [0.1, 0.15) is 19.6 Å². The smallest absolute Gasteiger partial charge is 0.426 e. The zero-order valence-corrected chi connectivity index (χ0v) is 22.1. The number of carbonyl (C=O) groups is 2. The maximum absolute atomic E-state index is 14.3. The Bertz CT molecular complexity index is 1160. The van der Waals surface area contributed by atoms with Gasteiger partial charge in [-0.25, -0.2) is 32.4 Å². The van der Waals surface area contributed by atoms with Crippen LogP contribution >= 0.6 is 7.82 Å². The summed E-state index contributed by atoms with van der Waals surface area (Å²) >= 11 is 0. The van der Waals surface area contributed by atoms with Gasteiger partial charge in [0.25, 0.3) is 5.56 Å². The third kappa shape index (κ3) is 7.87. The topological polar surface area (TPSA) is 198 Å². The number of halogens is 1. The fourth-order valence-corrected chi connectivity index (χ4v) is 4.76. The van der Waals surface area contributed by atoms with Gasteiger partial charge in [0.2, 0.25) is 13.6 Å². The molecule has 3 atom stereocenters. The lowest BCUT2D eigenvalue weighted by Gasteiger charge is -2.28. The molecule has 0 radical (unpaired) electrons. The molecule has 3 aliphatic rings. The van der Waals surface area contributed by atoms with E-state index < -0.39 is 88.2 Å². The molecule has 1 N–H and O–H groups in total. The van der Waals surface area contributed by atoms with Crippen molar-refractivity contribution in [1.82, 2.24) is 9.55 Å². The van der Waals surface area contributed by atoms with Crippen molar-refractivity contribution in [3.63, 3.8) is 0 Å². The number of aromatic nitrogens is 2. The summed E-state index contributed by atoms with van der Waals surface area (Å²) in [7, 11) is -4.70. The lowest BCUT2D eigenvalue weighted by Crippen LogP contribution is -2.39. The van der Waals surface area contributed by atoms with Crippen LogP contribution in [0.25, 0.3) is 0 Å². The van der Waals surface area contributed by atoms with E-state index in [0.717, 1.165) is 10.6 Å². The summed E-state index contributed by atoms with van der Waals surface area (Å²) in [5.74, 6) is -0.452. The minimum atomic E-state index is -4.70. The van der Waals surface area contributed by atoms with Crippen molar-refractivity contribution in [3.05, 3.63) is 33.1 Å². The molecule has 224 valence electrons. The zero-order valence-electron chi connectivity index (χ0n) is 21.2. The largest absolute Gasteiger partial charge is 0.510 e. The van der Waals surface area contributed by atoms with Crippen molar-refractivity contribution in [3.8, 4) is 0 Å². The highest BCUT2D eigenvalue weighted by atomic mass is 31.2. The molecular formula is C21H28FN2O15P. The second-order valence-corrected chi connectivity index (χ2v) is 10.8. The highest BCUT2D eigenvalue weighted by molar-refractivity contribution is 7.48. The molecule has 0 aliphatic carbocycles. The molecule has 1 aromatic rings. The number of aromatic amines is 1. The Morgan fingerprint density at radius 1 is 1.05 bits per heavy atom. The van der Waals surface area contributed by atoms with E-state index in [1.54, 1.807) is 6.92 Å². The molecule has 0 spiro atoms. The fraction of sp³-hybridized carbons (Fsp3) is 0.714. The number of rotatable bonds is 13. The van der Waals surface area contributed by atoms with Crippen LogP contribution < -0.4 is 11.2 Å². The van der Waals surface area contributed by atoms with Crippen molar-refractivity contribution in [2.24, 2.45) is 5.92 Å². The summed E-state index contributed by atoms with van der Waals surface area (Å²) in [5.41, 5.74) is -3.11. The molecule has 3 saturated heterocycles. The van der Waals surface area contributed by atoms with Gasteiger partial charge in [-0.3, -0.25) is 18.9 Å². The average molecular weight is 598 g/mol. The van der Waals surface area contributed by atoms with E-state index in [1.165, 1.54) is 6.20 Å². The molecule has 3 fully saturated rings. The van der Waals surface area contributed by atoms with Crippen LogP contribution in [-0.2, 0) is 51.3 Å². The summed E-state index contributed by atoms with van der Waals surface area (Å²) < 4.78 is 78.5. The van der Waals surface area contributed by atoms with Crippen LogP contribution in [0.2, 0.25) is 0 Å². The highest BCUT2D eigenvalue weighted by Crippen LogP contribution is 2.52. The van der Waals surface area contributed by atoms with E-state index >= 15 is 0 Å². The minimum absolute atomic E-state index is 0.00168. The Morgan fingerprint density at radius 3 is 2.10 bits per heavy atom. The standard InChI is InChI=1S/C21H28FN2O15P/c1-13-4-21(9-22,39-17(13)24-3-2-16(25)23-18(24)26)10-34-40(29,35-11-32-19(27)37-14-5-30-6-14)36-12-33-20(28)38-15-7-31-8-15/h2-3,13-15,17H,4-12H2,1H3,(H,23,25,26). The Labute approximate surface area is 225 Å². The first-order valence-corrected chi connectivity index (χ1v) is 13.5. The van der Waals surface area contributed by atoms with Crippen molar-refractivity contribution >= 4 is 20.1 Å². The van der Waals surface area contributed by atoms with Crippen LogP contribution in [0.4, 0.5) is 14.0 Å². The first-order chi connectivity index (χ1) is 19.1. The van der Waals surface area contributed by atoms with Gasteiger partial charge in [0.05, 0.1) is 33.0 Å². The summed E-state index contributed by atoms with van der Waals surface area (Å²) in [6, 6.07) is 1.10. The molecular weight excluding hydrogens is 570 g/mol. The SMILES string of the molecule is CC1CC(CF)(COP(=O)(OCOC(=O)OC2COC2)OCOC(=O)OC2COC2)OC1n1ccc(=O)[nH]c1=O. The van der Waals surface area contributed by atoms with Crippen LogP contribution in [-0.4, -0.2) is 93.0 Å². The molecule has 0 amide bonds. The second kappa shape index (κ2) is 13.2. The number of hydrogen-bond acceptors (Lipinski definition) is 15. The Hall–Kier alpha value is -2.86. The Kier molecular flexibility index (Phi) is 9.94. The Balaban J connectivity index is 1.36. The van der Waals surface area contributed by atoms with E-state index in [9.17, 15) is 28.1 Å². The summed E-state index contributed by atoms with van der Waals surface area (Å²) in [6.45, 7) is -1.35. The molecule has 1 aromatic heterocycles. The number of nitrogens with one attached hydrogen (secondary N) is 1. The summed E-state index contributed by atoms with van der Waals surface area (Å²) in [4.78, 5) is 49.1. The van der Waals surface area contributed by atoms with Crippen LogP contribution in [0.5, 0.6) is 0 Å². The molecule has 0 saturated carbocycles. The van der Waals surface area contributed by atoms with Gasteiger partial charge in [0, 0.05) is 18.2 Å². The molecule has 4 rings (SSSR count). The molecule has 0 aromatic carbocycles. The van der Waals surface area contributed by atoms with Gasteiger partial charge in [0.1, 0.15) is 18.5 Å². The number of phosphoric ester groups is 1. The number of nitrogens with zero attached hydrogens (tertiary/aromatic N) is 1. The maximum Gasteiger partial charge on any atom is 0.510 e. The van der Waals surface area contributed by atoms with Crippen molar-refractivity contribution in [2.45, 2.75) is 37.4 Å². The van der Waals surface area contributed by atoms with Gasteiger partial charge >= 0.3 is 25.8 Å². The molecule has 19 heteroatoms. The van der Waals surface area contributed by atoms with Crippen LogP contribution in [0.15, 0.2) is 21.9 Å². The van der Waals surface area contributed by atoms with Gasteiger partial charge in [-0.15, -0.1) is 0 Å². The van der Waals surface area contributed by atoms with Crippen molar-refractivity contribution < 1.29 is 65.3 Å². The van der Waals surface area contributed by atoms with Crippen LogP contribution in [0.3, 0.4) is 0 Å².